The van der Waals surface area contributed by atoms with Gasteiger partial charge in [-0.1, -0.05) is 0 Å². The van der Waals surface area contributed by atoms with Crippen LogP contribution in [0.2, 0.25) is 0 Å². The second-order valence-corrected chi connectivity index (χ2v) is 6.12. The molecule has 6 nitrogen and oxygen atoms in total. The number of rotatable bonds is 5. The van der Waals surface area contributed by atoms with Gasteiger partial charge in [0, 0.05) is 19.7 Å². The molecule has 0 aliphatic carbocycles. The standard InChI is InChI=1S/C13H17N3O3S/c1-10-7-12(3-4-13(10)20(14,17)18)19-6-5-11-8-15-16(2)9-11/h3-4,7-9H,5-6H2,1-2H3,(H2,14,17,18). The number of primary sulfonamides is 1. The number of sulfonamides is 1. The Hall–Kier alpha value is -1.86. The van der Waals surface area contributed by atoms with E-state index < -0.39 is 10.0 Å². The van der Waals surface area contributed by atoms with Crippen LogP contribution in [-0.4, -0.2) is 24.8 Å². The van der Waals surface area contributed by atoms with Crippen LogP contribution in [0.1, 0.15) is 11.1 Å². The van der Waals surface area contributed by atoms with Crippen LogP contribution in [0, 0.1) is 6.92 Å². The Morgan fingerprint density at radius 2 is 2.15 bits per heavy atom. The number of nitrogens with two attached hydrogens (primary N) is 1. The van der Waals surface area contributed by atoms with Crippen molar-refractivity contribution in [1.82, 2.24) is 9.78 Å². The summed E-state index contributed by atoms with van der Waals surface area (Å²) in [6, 6.07) is 4.74. The molecule has 2 N–H and O–H groups in total. The highest BCUT2D eigenvalue weighted by Gasteiger charge is 2.11. The van der Waals surface area contributed by atoms with Crippen molar-refractivity contribution in [2.24, 2.45) is 12.2 Å². The van der Waals surface area contributed by atoms with Gasteiger partial charge in [0.2, 0.25) is 10.0 Å². The van der Waals surface area contributed by atoms with Crippen LogP contribution in [-0.2, 0) is 23.5 Å². The molecule has 20 heavy (non-hydrogen) atoms. The zero-order valence-electron chi connectivity index (χ0n) is 11.4. The fourth-order valence-electron chi connectivity index (χ4n) is 1.92. The molecular weight excluding hydrogens is 278 g/mol. The molecular formula is C13H17N3O3S. The Bertz CT molecular complexity index is 707. The maximum Gasteiger partial charge on any atom is 0.238 e. The third kappa shape index (κ3) is 3.58. The number of hydrogen-bond donors (Lipinski definition) is 1. The largest absolute Gasteiger partial charge is 0.493 e. The summed E-state index contributed by atoms with van der Waals surface area (Å²) in [7, 11) is -1.82. The van der Waals surface area contributed by atoms with Gasteiger partial charge in [0.25, 0.3) is 0 Å². The minimum Gasteiger partial charge on any atom is -0.493 e. The van der Waals surface area contributed by atoms with E-state index in [1.807, 2.05) is 13.2 Å². The minimum absolute atomic E-state index is 0.122. The van der Waals surface area contributed by atoms with Crippen molar-refractivity contribution < 1.29 is 13.2 Å². The van der Waals surface area contributed by atoms with E-state index >= 15 is 0 Å². The summed E-state index contributed by atoms with van der Waals surface area (Å²) in [6.07, 6.45) is 4.46. The smallest absolute Gasteiger partial charge is 0.238 e. The van der Waals surface area contributed by atoms with E-state index in [1.54, 1.807) is 29.9 Å². The van der Waals surface area contributed by atoms with Gasteiger partial charge in [-0.2, -0.15) is 5.10 Å². The molecule has 0 unspecified atom stereocenters. The van der Waals surface area contributed by atoms with E-state index in [0.29, 0.717) is 17.9 Å². The molecule has 1 heterocycles. The average Bonchev–Trinajstić information content (AvgIpc) is 2.73. The van der Waals surface area contributed by atoms with E-state index in [2.05, 4.69) is 5.10 Å². The van der Waals surface area contributed by atoms with Crippen molar-refractivity contribution in [2.75, 3.05) is 6.61 Å². The summed E-state index contributed by atoms with van der Waals surface area (Å²) in [6.45, 7) is 2.19. The van der Waals surface area contributed by atoms with Crippen molar-refractivity contribution >= 4 is 10.0 Å². The number of nitrogens with zero attached hydrogens (tertiary/aromatic N) is 2. The molecule has 0 amide bonds. The lowest BCUT2D eigenvalue weighted by molar-refractivity contribution is 0.321. The van der Waals surface area contributed by atoms with Crippen molar-refractivity contribution in [2.45, 2.75) is 18.2 Å². The van der Waals surface area contributed by atoms with Gasteiger partial charge in [-0.15, -0.1) is 0 Å². The van der Waals surface area contributed by atoms with Gasteiger partial charge in [0.05, 0.1) is 17.7 Å². The lowest BCUT2D eigenvalue weighted by Crippen LogP contribution is -2.13. The minimum atomic E-state index is -3.68. The van der Waals surface area contributed by atoms with Crippen LogP contribution in [0.5, 0.6) is 5.75 Å². The van der Waals surface area contributed by atoms with E-state index in [-0.39, 0.29) is 4.90 Å². The zero-order valence-corrected chi connectivity index (χ0v) is 12.2. The molecule has 0 radical (unpaired) electrons. The third-order valence-corrected chi connectivity index (χ3v) is 3.94. The first-order chi connectivity index (χ1) is 9.36. The van der Waals surface area contributed by atoms with Crippen LogP contribution in [0.3, 0.4) is 0 Å². The SMILES string of the molecule is Cc1cc(OCCc2cnn(C)c2)ccc1S(N)(=O)=O. The summed E-state index contributed by atoms with van der Waals surface area (Å²) in [5.74, 6) is 0.624. The topological polar surface area (TPSA) is 87.2 Å². The zero-order chi connectivity index (χ0) is 14.8. The summed E-state index contributed by atoms with van der Waals surface area (Å²) in [5.41, 5.74) is 1.66. The number of hydrogen-bond acceptors (Lipinski definition) is 4. The molecule has 0 saturated heterocycles. The number of aromatic nitrogens is 2. The second-order valence-electron chi connectivity index (χ2n) is 4.59. The highest BCUT2D eigenvalue weighted by molar-refractivity contribution is 7.89. The van der Waals surface area contributed by atoms with Gasteiger partial charge in [0.15, 0.2) is 0 Å². The number of benzene rings is 1. The normalized spacial score (nSPS) is 11.6. The van der Waals surface area contributed by atoms with Gasteiger partial charge in [-0.05, 0) is 36.2 Å². The molecule has 0 bridgehead atoms. The quantitative estimate of drug-likeness (QED) is 0.891. The predicted molar refractivity (Wildman–Crippen MR) is 75.0 cm³/mol. The maximum absolute atomic E-state index is 11.3. The Morgan fingerprint density at radius 3 is 2.70 bits per heavy atom. The molecule has 1 aromatic carbocycles. The molecule has 108 valence electrons. The van der Waals surface area contributed by atoms with Crippen LogP contribution in [0.4, 0.5) is 0 Å². The molecule has 0 atom stereocenters. The Labute approximate surface area is 118 Å². The summed E-state index contributed by atoms with van der Waals surface area (Å²) in [4.78, 5) is 0.122. The molecule has 7 heteroatoms. The van der Waals surface area contributed by atoms with Crippen molar-refractivity contribution in [1.29, 1.82) is 0 Å². The van der Waals surface area contributed by atoms with E-state index in [1.165, 1.54) is 6.07 Å². The van der Waals surface area contributed by atoms with Gasteiger partial charge in [0.1, 0.15) is 5.75 Å². The maximum atomic E-state index is 11.3. The summed E-state index contributed by atoms with van der Waals surface area (Å²) >= 11 is 0. The van der Waals surface area contributed by atoms with Crippen LogP contribution in [0.25, 0.3) is 0 Å². The first-order valence-corrected chi connectivity index (χ1v) is 7.64. The van der Waals surface area contributed by atoms with Gasteiger partial charge >= 0.3 is 0 Å². The van der Waals surface area contributed by atoms with E-state index in [9.17, 15) is 8.42 Å². The van der Waals surface area contributed by atoms with Crippen molar-refractivity contribution in [3.63, 3.8) is 0 Å². The van der Waals surface area contributed by atoms with E-state index in [4.69, 9.17) is 9.88 Å². The average molecular weight is 295 g/mol. The van der Waals surface area contributed by atoms with Gasteiger partial charge in [-0.25, -0.2) is 13.6 Å². The monoisotopic (exact) mass is 295 g/mol. The first-order valence-electron chi connectivity index (χ1n) is 6.10. The number of ether oxygens (including phenoxy) is 1. The lowest BCUT2D eigenvalue weighted by Gasteiger charge is -2.08. The lowest BCUT2D eigenvalue weighted by atomic mass is 10.2. The highest BCUT2D eigenvalue weighted by atomic mass is 32.2. The van der Waals surface area contributed by atoms with Crippen LogP contribution in [0.15, 0.2) is 35.5 Å². The van der Waals surface area contributed by atoms with Crippen LogP contribution >= 0.6 is 0 Å². The van der Waals surface area contributed by atoms with Gasteiger partial charge in [-0.3, -0.25) is 4.68 Å². The molecule has 0 aliphatic heterocycles. The molecule has 0 aliphatic rings. The third-order valence-electron chi connectivity index (χ3n) is 2.87. The number of aryl methyl sites for hydroxylation is 2. The molecule has 0 saturated carbocycles. The molecule has 2 aromatic rings. The highest BCUT2D eigenvalue weighted by Crippen LogP contribution is 2.20. The van der Waals surface area contributed by atoms with Crippen molar-refractivity contribution in [3.05, 3.63) is 41.7 Å². The van der Waals surface area contributed by atoms with Crippen molar-refractivity contribution in [3.8, 4) is 5.75 Å². The molecule has 0 fully saturated rings. The first kappa shape index (κ1) is 14.5. The fraction of sp³-hybridized carbons (Fsp3) is 0.308. The molecule has 1 aromatic heterocycles. The second kappa shape index (κ2) is 5.64. The fourth-order valence-corrected chi connectivity index (χ4v) is 2.68. The molecule has 2 rings (SSSR count). The summed E-state index contributed by atoms with van der Waals surface area (Å²) < 4.78 is 29.9. The Kier molecular flexibility index (Phi) is 4.10. The Balaban J connectivity index is 1.99. The van der Waals surface area contributed by atoms with Crippen LogP contribution < -0.4 is 9.88 Å². The summed E-state index contributed by atoms with van der Waals surface area (Å²) in [5, 5.41) is 9.18. The van der Waals surface area contributed by atoms with E-state index in [0.717, 1.165) is 12.0 Å². The Morgan fingerprint density at radius 1 is 1.40 bits per heavy atom. The predicted octanol–water partition coefficient (Wildman–Crippen LogP) is 0.997. The van der Waals surface area contributed by atoms with Gasteiger partial charge < -0.3 is 4.74 Å². The molecule has 0 spiro atoms.